The zero-order valence-electron chi connectivity index (χ0n) is 13.0. The third kappa shape index (κ3) is 3.44. The van der Waals surface area contributed by atoms with Crippen LogP contribution in [0.1, 0.15) is 16.6 Å². The van der Waals surface area contributed by atoms with E-state index in [1.54, 1.807) is 30.3 Å². The maximum absolute atomic E-state index is 12.2. The van der Waals surface area contributed by atoms with E-state index in [0.29, 0.717) is 5.56 Å². The van der Waals surface area contributed by atoms with Crippen molar-refractivity contribution in [2.24, 2.45) is 0 Å². The maximum atomic E-state index is 12.2. The molecule has 2 heterocycles. The Kier molecular flexibility index (Phi) is 4.91. The zero-order valence-corrected chi connectivity index (χ0v) is 13.0. The molecule has 9 nitrogen and oxygen atoms in total. The van der Waals surface area contributed by atoms with Gasteiger partial charge in [0.15, 0.2) is 6.23 Å². The second kappa shape index (κ2) is 7.11. The van der Waals surface area contributed by atoms with Crippen molar-refractivity contribution in [3.63, 3.8) is 0 Å². The van der Waals surface area contributed by atoms with Gasteiger partial charge in [-0.2, -0.15) is 4.98 Å². The summed E-state index contributed by atoms with van der Waals surface area (Å²) in [5.41, 5.74) is -0.363. The molecule has 4 N–H and O–H groups in total. The van der Waals surface area contributed by atoms with Crippen LogP contribution in [0.25, 0.3) is 0 Å². The summed E-state index contributed by atoms with van der Waals surface area (Å²) in [5.74, 6) is -0.375. The highest BCUT2D eigenvalue weighted by atomic mass is 16.6. The molecule has 1 amide bonds. The highest BCUT2D eigenvalue weighted by Crippen LogP contribution is 2.28. The van der Waals surface area contributed by atoms with Crippen molar-refractivity contribution in [1.82, 2.24) is 9.55 Å². The van der Waals surface area contributed by atoms with Crippen molar-refractivity contribution in [3.05, 3.63) is 58.6 Å². The number of nitrogens with zero attached hydrogens (tertiary/aromatic N) is 2. The fourth-order valence-electron chi connectivity index (χ4n) is 2.56. The van der Waals surface area contributed by atoms with Crippen LogP contribution in [0, 0.1) is 0 Å². The predicted molar refractivity (Wildman–Crippen MR) is 85.9 cm³/mol. The Morgan fingerprint density at radius 3 is 2.52 bits per heavy atom. The number of hydrogen-bond donors (Lipinski definition) is 4. The van der Waals surface area contributed by atoms with E-state index in [1.807, 2.05) is 0 Å². The van der Waals surface area contributed by atoms with E-state index in [1.165, 1.54) is 12.3 Å². The number of carbonyl (C=O) groups is 1. The smallest absolute Gasteiger partial charge is 0.351 e. The Labute approximate surface area is 142 Å². The van der Waals surface area contributed by atoms with Gasteiger partial charge in [0.1, 0.15) is 24.1 Å². The van der Waals surface area contributed by atoms with E-state index in [9.17, 15) is 19.8 Å². The largest absolute Gasteiger partial charge is 0.394 e. The van der Waals surface area contributed by atoms with Crippen molar-refractivity contribution < 1.29 is 24.9 Å². The highest BCUT2D eigenvalue weighted by molar-refractivity contribution is 6.03. The van der Waals surface area contributed by atoms with Gasteiger partial charge in [-0.25, -0.2) is 4.79 Å². The van der Waals surface area contributed by atoms with Gasteiger partial charge < -0.3 is 25.4 Å². The quantitative estimate of drug-likeness (QED) is 0.563. The minimum Gasteiger partial charge on any atom is -0.394 e. The van der Waals surface area contributed by atoms with Gasteiger partial charge in [-0.05, 0) is 18.2 Å². The molecule has 1 aromatic heterocycles. The summed E-state index contributed by atoms with van der Waals surface area (Å²) in [6, 6.07) is 9.81. The average molecular weight is 347 g/mol. The summed E-state index contributed by atoms with van der Waals surface area (Å²) in [4.78, 5) is 27.9. The van der Waals surface area contributed by atoms with Gasteiger partial charge in [0.2, 0.25) is 0 Å². The molecule has 4 atom stereocenters. The molecule has 2 aromatic rings. The van der Waals surface area contributed by atoms with E-state index in [4.69, 9.17) is 9.84 Å². The molecular weight excluding hydrogens is 330 g/mol. The molecule has 3 rings (SSSR count). The Bertz CT molecular complexity index is 809. The lowest BCUT2D eigenvalue weighted by molar-refractivity contribution is -0.0549. The number of rotatable bonds is 4. The summed E-state index contributed by atoms with van der Waals surface area (Å²) in [7, 11) is 0. The summed E-state index contributed by atoms with van der Waals surface area (Å²) in [6.07, 6.45) is -3.59. The minimum atomic E-state index is -1.39. The predicted octanol–water partition coefficient (Wildman–Crippen LogP) is -0.893. The van der Waals surface area contributed by atoms with Gasteiger partial charge in [-0.3, -0.25) is 9.36 Å². The first-order chi connectivity index (χ1) is 12.0. The van der Waals surface area contributed by atoms with Gasteiger partial charge in [-0.1, -0.05) is 18.2 Å². The molecular formula is C16H17N3O6. The number of aromatic nitrogens is 2. The molecule has 0 unspecified atom stereocenters. The van der Waals surface area contributed by atoms with Crippen LogP contribution in [0.5, 0.6) is 0 Å². The molecule has 0 spiro atoms. The molecule has 1 saturated heterocycles. The van der Waals surface area contributed by atoms with Crippen LogP contribution in [-0.2, 0) is 4.74 Å². The summed E-state index contributed by atoms with van der Waals surface area (Å²) in [5, 5.41) is 31.3. The minimum absolute atomic E-state index is 0.0434. The highest BCUT2D eigenvalue weighted by Gasteiger charge is 2.43. The normalized spacial score (nSPS) is 25.7. The number of aliphatic hydroxyl groups is 3. The number of nitrogens with one attached hydrogen (secondary N) is 1. The molecule has 132 valence electrons. The Morgan fingerprint density at radius 2 is 1.92 bits per heavy atom. The number of aliphatic hydroxyl groups excluding tert-OH is 3. The molecule has 25 heavy (non-hydrogen) atoms. The van der Waals surface area contributed by atoms with Gasteiger partial charge in [0, 0.05) is 11.8 Å². The van der Waals surface area contributed by atoms with E-state index in [2.05, 4.69) is 10.3 Å². The van der Waals surface area contributed by atoms with Crippen LogP contribution < -0.4 is 11.0 Å². The van der Waals surface area contributed by atoms with Crippen LogP contribution in [0.3, 0.4) is 0 Å². The standard InChI is InChI=1S/C16H17N3O6/c20-8-10-12(21)13(22)15(25-10)19-7-6-11(18-16(19)24)17-14(23)9-4-2-1-3-5-9/h1-7,10,12-13,15,20-22H,8H2,(H,17,18,23,24)/t10-,12+,13-,15+/m0/s1. The van der Waals surface area contributed by atoms with Crippen LogP contribution in [0.2, 0.25) is 0 Å². The summed E-state index contributed by atoms with van der Waals surface area (Å²) in [6.45, 7) is -0.498. The lowest BCUT2D eigenvalue weighted by Crippen LogP contribution is -2.36. The second-order valence-corrected chi connectivity index (χ2v) is 5.55. The number of carbonyl (C=O) groups excluding carboxylic acids is 1. The van der Waals surface area contributed by atoms with E-state index in [-0.39, 0.29) is 5.82 Å². The summed E-state index contributed by atoms with van der Waals surface area (Å²) < 4.78 is 6.27. The van der Waals surface area contributed by atoms with Gasteiger partial charge in [0.05, 0.1) is 6.61 Å². The van der Waals surface area contributed by atoms with Gasteiger partial charge >= 0.3 is 5.69 Å². The second-order valence-electron chi connectivity index (χ2n) is 5.55. The first-order valence-electron chi connectivity index (χ1n) is 7.59. The lowest BCUT2D eigenvalue weighted by atomic mass is 10.1. The van der Waals surface area contributed by atoms with Crippen LogP contribution >= 0.6 is 0 Å². The van der Waals surface area contributed by atoms with Crippen molar-refractivity contribution in [2.75, 3.05) is 11.9 Å². The molecule has 1 fully saturated rings. The molecule has 0 aliphatic carbocycles. The van der Waals surface area contributed by atoms with Crippen molar-refractivity contribution >= 4 is 11.7 Å². The number of benzene rings is 1. The number of hydrogen-bond acceptors (Lipinski definition) is 7. The Balaban J connectivity index is 1.78. The number of amides is 1. The third-order valence-corrected chi connectivity index (χ3v) is 3.90. The summed E-state index contributed by atoms with van der Waals surface area (Å²) >= 11 is 0. The zero-order chi connectivity index (χ0) is 18.0. The monoisotopic (exact) mass is 347 g/mol. The average Bonchev–Trinajstić information content (AvgIpc) is 2.91. The molecule has 0 bridgehead atoms. The topological polar surface area (TPSA) is 134 Å². The third-order valence-electron chi connectivity index (χ3n) is 3.90. The Hall–Kier alpha value is -2.59. The van der Waals surface area contributed by atoms with Gasteiger partial charge in [-0.15, -0.1) is 0 Å². The SMILES string of the molecule is O=C(Nc1ccn([C@@H]2O[C@@H](CO)[C@@H](O)[C@@H]2O)c(=O)n1)c1ccccc1. The maximum Gasteiger partial charge on any atom is 0.351 e. The first kappa shape index (κ1) is 17.2. The van der Waals surface area contributed by atoms with Crippen LogP contribution in [0.4, 0.5) is 5.82 Å². The van der Waals surface area contributed by atoms with Crippen molar-refractivity contribution in [3.8, 4) is 0 Å². The lowest BCUT2D eigenvalue weighted by Gasteiger charge is -2.17. The van der Waals surface area contributed by atoms with Crippen molar-refractivity contribution in [1.29, 1.82) is 0 Å². The first-order valence-corrected chi connectivity index (χ1v) is 7.59. The molecule has 1 aliphatic heterocycles. The number of ether oxygens (including phenoxy) is 1. The van der Waals surface area contributed by atoms with E-state index in [0.717, 1.165) is 4.57 Å². The molecule has 0 radical (unpaired) electrons. The van der Waals surface area contributed by atoms with E-state index >= 15 is 0 Å². The molecule has 0 saturated carbocycles. The molecule has 1 aromatic carbocycles. The van der Waals surface area contributed by atoms with Crippen LogP contribution in [0.15, 0.2) is 47.4 Å². The Morgan fingerprint density at radius 1 is 1.20 bits per heavy atom. The number of anilines is 1. The van der Waals surface area contributed by atoms with Crippen LogP contribution in [-0.4, -0.2) is 55.7 Å². The molecule has 9 heteroatoms. The molecule has 1 aliphatic rings. The fourth-order valence-corrected chi connectivity index (χ4v) is 2.56. The van der Waals surface area contributed by atoms with Gasteiger partial charge in [0.25, 0.3) is 5.91 Å². The fraction of sp³-hybridized carbons (Fsp3) is 0.312. The van der Waals surface area contributed by atoms with E-state index < -0.39 is 42.7 Å². The van der Waals surface area contributed by atoms with Crippen molar-refractivity contribution in [2.45, 2.75) is 24.5 Å².